The minimum Gasteiger partial charge on any atom is -0.332 e. The zero-order valence-electron chi connectivity index (χ0n) is 14.4. The summed E-state index contributed by atoms with van der Waals surface area (Å²) in [6.45, 7) is 4.12. The Labute approximate surface area is 151 Å². The summed E-state index contributed by atoms with van der Waals surface area (Å²) < 4.78 is 0. The normalized spacial score (nSPS) is 10.5. The Balaban J connectivity index is 2.01. The van der Waals surface area contributed by atoms with Gasteiger partial charge < -0.3 is 10.2 Å². The molecule has 0 saturated carbocycles. The van der Waals surface area contributed by atoms with Gasteiger partial charge in [0.25, 0.3) is 5.91 Å². The van der Waals surface area contributed by atoms with Crippen LogP contribution >= 0.6 is 23.1 Å². The van der Waals surface area contributed by atoms with Gasteiger partial charge in [-0.3, -0.25) is 9.59 Å². The molecule has 6 heteroatoms. The first-order chi connectivity index (χ1) is 11.5. The van der Waals surface area contributed by atoms with Crippen LogP contribution < -0.4 is 5.32 Å². The van der Waals surface area contributed by atoms with Gasteiger partial charge in [-0.15, -0.1) is 23.1 Å². The molecule has 128 valence electrons. The molecule has 2 amide bonds. The van der Waals surface area contributed by atoms with E-state index in [9.17, 15) is 9.59 Å². The highest BCUT2D eigenvalue weighted by Crippen LogP contribution is 2.25. The number of anilines is 1. The molecule has 0 atom stereocenters. The van der Waals surface area contributed by atoms with E-state index in [1.165, 1.54) is 21.8 Å². The SMILES string of the molecule is CCc1cc(C(=O)N(C)CC(=O)Nc2ccccc2SC)sc1C. The second-order valence-electron chi connectivity index (χ2n) is 5.46. The van der Waals surface area contributed by atoms with Crippen molar-refractivity contribution in [1.82, 2.24) is 4.90 Å². The number of thioether (sulfide) groups is 1. The van der Waals surface area contributed by atoms with Crippen molar-refractivity contribution in [1.29, 1.82) is 0 Å². The van der Waals surface area contributed by atoms with Crippen molar-refractivity contribution in [3.8, 4) is 0 Å². The van der Waals surface area contributed by atoms with Crippen LogP contribution in [0, 0.1) is 6.92 Å². The summed E-state index contributed by atoms with van der Waals surface area (Å²) in [5.74, 6) is -0.313. The fraction of sp³-hybridized carbons (Fsp3) is 0.333. The molecule has 0 bridgehead atoms. The lowest BCUT2D eigenvalue weighted by Gasteiger charge is -2.16. The quantitative estimate of drug-likeness (QED) is 0.789. The lowest BCUT2D eigenvalue weighted by atomic mass is 10.2. The van der Waals surface area contributed by atoms with E-state index in [4.69, 9.17) is 0 Å². The van der Waals surface area contributed by atoms with Crippen molar-refractivity contribution in [3.63, 3.8) is 0 Å². The Bertz CT molecular complexity index is 740. The number of thiophene rings is 1. The van der Waals surface area contributed by atoms with Crippen molar-refractivity contribution in [3.05, 3.63) is 45.6 Å². The van der Waals surface area contributed by atoms with Gasteiger partial charge in [-0.2, -0.15) is 0 Å². The minimum absolute atomic E-state index is 0.0277. The maximum absolute atomic E-state index is 12.5. The first kappa shape index (κ1) is 18.5. The minimum atomic E-state index is -0.198. The van der Waals surface area contributed by atoms with E-state index in [1.807, 2.05) is 43.5 Å². The van der Waals surface area contributed by atoms with Gasteiger partial charge in [0, 0.05) is 16.8 Å². The summed E-state index contributed by atoms with van der Waals surface area (Å²) in [4.78, 5) is 29.0. The molecule has 0 radical (unpaired) electrons. The predicted octanol–water partition coefficient (Wildman–Crippen LogP) is 4.05. The molecule has 0 unspecified atom stereocenters. The van der Waals surface area contributed by atoms with Crippen molar-refractivity contribution < 1.29 is 9.59 Å². The van der Waals surface area contributed by atoms with Gasteiger partial charge in [0.15, 0.2) is 0 Å². The third kappa shape index (κ3) is 4.39. The van der Waals surface area contributed by atoms with E-state index in [0.29, 0.717) is 4.88 Å². The van der Waals surface area contributed by atoms with Crippen LogP contribution in [0.1, 0.15) is 27.0 Å². The molecule has 0 aliphatic heterocycles. The summed E-state index contributed by atoms with van der Waals surface area (Å²) in [5.41, 5.74) is 1.96. The van der Waals surface area contributed by atoms with Gasteiger partial charge in [-0.1, -0.05) is 19.1 Å². The molecular weight excluding hydrogens is 340 g/mol. The monoisotopic (exact) mass is 362 g/mol. The first-order valence-electron chi connectivity index (χ1n) is 7.73. The number of carbonyl (C=O) groups excluding carboxylic acids is 2. The zero-order valence-corrected chi connectivity index (χ0v) is 16.0. The number of carbonyl (C=O) groups is 2. The molecule has 1 aromatic heterocycles. The molecular formula is C18H22N2O2S2. The number of para-hydroxylation sites is 1. The number of hydrogen-bond donors (Lipinski definition) is 1. The lowest BCUT2D eigenvalue weighted by Crippen LogP contribution is -2.34. The Hall–Kier alpha value is -1.79. The number of amides is 2. The summed E-state index contributed by atoms with van der Waals surface area (Å²) >= 11 is 3.06. The van der Waals surface area contributed by atoms with Crippen molar-refractivity contribution in [2.24, 2.45) is 0 Å². The second kappa shape index (κ2) is 8.35. The fourth-order valence-corrected chi connectivity index (χ4v) is 4.05. The van der Waals surface area contributed by atoms with E-state index in [1.54, 1.807) is 18.8 Å². The van der Waals surface area contributed by atoms with E-state index < -0.39 is 0 Å². The highest BCUT2D eigenvalue weighted by molar-refractivity contribution is 7.98. The van der Waals surface area contributed by atoms with Crippen molar-refractivity contribution >= 4 is 40.6 Å². The van der Waals surface area contributed by atoms with Crippen LogP contribution in [-0.4, -0.2) is 36.6 Å². The lowest BCUT2D eigenvalue weighted by molar-refractivity contribution is -0.116. The molecule has 0 spiro atoms. The summed E-state index contributed by atoms with van der Waals surface area (Å²) in [6.07, 6.45) is 2.87. The summed E-state index contributed by atoms with van der Waals surface area (Å²) in [7, 11) is 1.66. The molecule has 0 aliphatic rings. The third-order valence-corrected chi connectivity index (χ3v) is 5.60. The van der Waals surface area contributed by atoms with Gasteiger partial charge in [-0.05, 0) is 43.4 Å². The average Bonchev–Trinajstić information content (AvgIpc) is 2.95. The van der Waals surface area contributed by atoms with Crippen molar-refractivity contribution in [2.45, 2.75) is 25.2 Å². The second-order valence-corrected chi connectivity index (χ2v) is 7.56. The molecule has 4 nitrogen and oxygen atoms in total. The fourth-order valence-electron chi connectivity index (χ4n) is 2.39. The Morgan fingerprint density at radius 3 is 2.62 bits per heavy atom. The van der Waals surface area contributed by atoms with E-state index in [0.717, 1.165) is 21.9 Å². The molecule has 0 fully saturated rings. The standard InChI is InChI=1S/C18H22N2O2S2/c1-5-13-10-16(24-12(13)2)18(22)20(3)11-17(21)19-14-8-6-7-9-15(14)23-4/h6-10H,5,11H2,1-4H3,(H,19,21). The van der Waals surface area contributed by atoms with E-state index in [-0.39, 0.29) is 18.4 Å². The number of nitrogens with zero attached hydrogens (tertiary/aromatic N) is 1. The molecule has 1 aromatic carbocycles. The molecule has 2 rings (SSSR count). The summed E-state index contributed by atoms with van der Waals surface area (Å²) in [6, 6.07) is 9.56. The van der Waals surface area contributed by atoms with Crippen molar-refractivity contribution in [2.75, 3.05) is 25.2 Å². The van der Waals surface area contributed by atoms with Gasteiger partial charge in [0.2, 0.25) is 5.91 Å². The number of aryl methyl sites for hydroxylation is 2. The Kier molecular flexibility index (Phi) is 6.45. The van der Waals surface area contributed by atoms with Crippen LogP contribution in [-0.2, 0) is 11.2 Å². The first-order valence-corrected chi connectivity index (χ1v) is 9.78. The predicted molar refractivity (Wildman–Crippen MR) is 102 cm³/mol. The highest BCUT2D eigenvalue weighted by Gasteiger charge is 2.18. The van der Waals surface area contributed by atoms with Gasteiger partial charge in [0.1, 0.15) is 0 Å². The zero-order chi connectivity index (χ0) is 17.7. The van der Waals surface area contributed by atoms with E-state index >= 15 is 0 Å². The van der Waals surface area contributed by atoms with Crippen LogP contribution in [0.15, 0.2) is 35.2 Å². The average molecular weight is 363 g/mol. The number of likely N-dealkylation sites (N-methyl/N-ethyl adjacent to an activating group) is 1. The smallest absolute Gasteiger partial charge is 0.264 e. The van der Waals surface area contributed by atoms with Crippen LogP contribution in [0.4, 0.5) is 5.69 Å². The number of benzene rings is 1. The topological polar surface area (TPSA) is 49.4 Å². The Morgan fingerprint density at radius 1 is 1.29 bits per heavy atom. The van der Waals surface area contributed by atoms with Crippen LogP contribution in [0.2, 0.25) is 0 Å². The largest absolute Gasteiger partial charge is 0.332 e. The molecule has 0 saturated heterocycles. The van der Waals surface area contributed by atoms with Gasteiger partial charge in [0.05, 0.1) is 17.1 Å². The molecule has 0 aliphatic carbocycles. The van der Waals surface area contributed by atoms with Gasteiger partial charge in [-0.25, -0.2) is 0 Å². The summed E-state index contributed by atoms with van der Waals surface area (Å²) in [5, 5.41) is 2.88. The maximum Gasteiger partial charge on any atom is 0.264 e. The molecule has 24 heavy (non-hydrogen) atoms. The van der Waals surface area contributed by atoms with E-state index in [2.05, 4.69) is 12.2 Å². The number of hydrogen-bond acceptors (Lipinski definition) is 4. The molecule has 1 N–H and O–H groups in total. The number of nitrogens with one attached hydrogen (secondary N) is 1. The maximum atomic E-state index is 12.5. The Morgan fingerprint density at radius 2 is 2.00 bits per heavy atom. The highest BCUT2D eigenvalue weighted by atomic mass is 32.2. The molecule has 2 aromatic rings. The van der Waals surface area contributed by atoms with Crippen LogP contribution in [0.5, 0.6) is 0 Å². The number of rotatable bonds is 6. The van der Waals surface area contributed by atoms with Crippen LogP contribution in [0.25, 0.3) is 0 Å². The third-order valence-electron chi connectivity index (χ3n) is 3.72. The van der Waals surface area contributed by atoms with Crippen LogP contribution in [0.3, 0.4) is 0 Å². The molecule has 1 heterocycles. The van der Waals surface area contributed by atoms with Gasteiger partial charge >= 0.3 is 0 Å².